The molecule has 1 aliphatic heterocycles. The van der Waals surface area contributed by atoms with Gasteiger partial charge in [-0.2, -0.15) is 5.10 Å². The van der Waals surface area contributed by atoms with Crippen LogP contribution in [0.1, 0.15) is 38.7 Å². The average molecular weight is 451 g/mol. The van der Waals surface area contributed by atoms with Crippen LogP contribution in [-0.4, -0.2) is 51.6 Å². The maximum absolute atomic E-state index is 14.2. The molecule has 156 valence electrons. The van der Waals surface area contributed by atoms with Crippen LogP contribution in [0, 0.1) is 5.82 Å². The number of sulfone groups is 1. The van der Waals surface area contributed by atoms with Gasteiger partial charge in [0.15, 0.2) is 15.7 Å². The third-order valence-corrected chi connectivity index (χ3v) is 8.36. The highest BCUT2D eigenvalue weighted by Gasteiger charge is 2.32. The van der Waals surface area contributed by atoms with E-state index in [2.05, 4.69) is 5.10 Å². The monoisotopic (exact) mass is 450 g/mol. The summed E-state index contributed by atoms with van der Waals surface area (Å²) < 4.78 is 50.6. The van der Waals surface area contributed by atoms with Crippen molar-refractivity contribution in [2.24, 2.45) is 5.14 Å². The molecule has 3 rings (SSSR count). The van der Waals surface area contributed by atoms with Gasteiger partial charge in [-0.1, -0.05) is 18.5 Å². The lowest BCUT2D eigenvalue weighted by Gasteiger charge is -2.33. The summed E-state index contributed by atoms with van der Waals surface area (Å²) in [6.07, 6.45) is 1.60. The van der Waals surface area contributed by atoms with Gasteiger partial charge in [0.05, 0.1) is 38.5 Å². The Kier molecular flexibility index (Phi) is 5.79. The van der Waals surface area contributed by atoms with E-state index in [0.29, 0.717) is 12.2 Å². The van der Waals surface area contributed by atoms with Crippen LogP contribution in [0.15, 0.2) is 12.3 Å². The molecule has 0 spiro atoms. The number of rotatable bonds is 5. The summed E-state index contributed by atoms with van der Waals surface area (Å²) in [5, 5.41) is 10.00. The molecule has 2 aromatic heterocycles. The highest BCUT2D eigenvalue weighted by molar-refractivity contribution is 7.91. The lowest BCUT2D eigenvalue weighted by Crippen LogP contribution is -2.42. The van der Waals surface area contributed by atoms with Crippen LogP contribution in [0.2, 0.25) is 5.02 Å². The zero-order valence-electron chi connectivity index (χ0n) is 16.0. The quantitative estimate of drug-likeness (QED) is 0.753. The lowest BCUT2D eigenvalue weighted by molar-refractivity contribution is 0.537. The van der Waals surface area contributed by atoms with E-state index in [0.717, 1.165) is 11.8 Å². The van der Waals surface area contributed by atoms with E-state index >= 15 is 0 Å². The zero-order chi connectivity index (χ0) is 20.9. The highest BCUT2D eigenvalue weighted by Crippen LogP contribution is 2.38. The first-order valence-corrected chi connectivity index (χ1v) is 12.3. The van der Waals surface area contributed by atoms with Crippen molar-refractivity contribution in [1.82, 2.24) is 9.61 Å². The summed E-state index contributed by atoms with van der Waals surface area (Å²) in [5.41, 5.74) is 0.945. The maximum Gasteiger partial charge on any atom is 0.170 e. The van der Waals surface area contributed by atoms with Crippen LogP contribution in [0.4, 0.5) is 10.2 Å². The van der Waals surface area contributed by atoms with Gasteiger partial charge in [0.25, 0.3) is 0 Å². The van der Waals surface area contributed by atoms with Crippen molar-refractivity contribution in [2.45, 2.75) is 37.9 Å². The minimum Gasteiger partial charge on any atom is -0.354 e. The minimum absolute atomic E-state index is 0.0208. The van der Waals surface area contributed by atoms with Gasteiger partial charge >= 0.3 is 0 Å². The normalized spacial score (nSPS) is 19.7. The smallest absolute Gasteiger partial charge is 0.170 e. The van der Waals surface area contributed by atoms with Crippen molar-refractivity contribution in [3.8, 4) is 0 Å². The van der Waals surface area contributed by atoms with Crippen molar-refractivity contribution in [3.05, 3.63) is 28.7 Å². The summed E-state index contributed by atoms with van der Waals surface area (Å²) in [6.45, 7) is 6.16. The second kappa shape index (κ2) is 7.55. The predicted octanol–water partition coefficient (Wildman–Crippen LogP) is 2.26. The maximum atomic E-state index is 14.2. The molecule has 2 N–H and O–H groups in total. The number of fused-ring (bicyclic) bond motifs is 1. The molecule has 28 heavy (non-hydrogen) atoms. The molecule has 3 heterocycles. The Hall–Kier alpha value is -1.23. The van der Waals surface area contributed by atoms with E-state index < -0.39 is 31.4 Å². The molecular formula is C17H24ClFN4O3S2. The van der Waals surface area contributed by atoms with Gasteiger partial charge < -0.3 is 4.90 Å². The molecular weight excluding hydrogens is 427 g/mol. The van der Waals surface area contributed by atoms with Gasteiger partial charge in [0.2, 0.25) is 0 Å². The minimum atomic E-state index is -3.08. The molecule has 0 aromatic carbocycles. The SMILES string of the molecule is C[C@@H](CC(C)(C)S(N)=O)c1cc(Cl)c2c(F)cnn2c1N1CCS(=O)(=O)CC1. The zero-order valence-corrected chi connectivity index (χ0v) is 18.4. The molecule has 1 unspecified atom stereocenters. The number of hydrogen-bond donors (Lipinski definition) is 1. The first-order chi connectivity index (χ1) is 12.9. The average Bonchev–Trinajstić information content (AvgIpc) is 2.97. The van der Waals surface area contributed by atoms with Crippen LogP contribution in [-0.2, 0) is 20.8 Å². The van der Waals surface area contributed by atoms with Gasteiger partial charge in [-0.05, 0) is 37.8 Å². The molecule has 0 bridgehead atoms. The Labute approximate surface area is 171 Å². The Morgan fingerprint density at radius 2 is 2.00 bits per heavy atom. The highest BCUT2D eigenvalue weighted by atomic mass is 35.5. The number of halogens is 2. The molecule has 11 heteroatoms. The summed E-state index contributed by atoms with van der Waals surface area (Å²) >= 11 is 6.34. The third kappa shape index (κ3) is 4.05. The fourth-order valence-electron chi connectivity index (χ4n) is 3.63. The first-order valence-electron chi connectivity index (χ1n) is 8.90. The molecule has 1 fully saturated rings. The van der Waals surface area contributed by atoms with E-state index in [9.17, 15) is 17.0 Å². The number of nitrogens with two attached hydrogens (primary N) is 1. The van der Waals surface area contributed by atoms with Crippen LogP contribution >= 0.6 is 11.6 Å². The second-order valence-corrected chi connectivity index (χ2v) is 12.2. The van der Waals surface area contributed by atoms with Crippen molar-refractivity contribution in [1.29, 1.82) is 0 Å². The fraction of sp³-hybridized carbons (Fsp3) is 0.588. The predicted molar refractivity (Wildman–Crippen MR) is 110 cm³/mol. The van der Waals surface area contributed by atoms with E-state index in [-0.39, 0.29) is 41.1 Å². The van der Waals surface area contributed by atoms with Crippen molar-refractivity contribution < 1.29 is 17.0 Å². The van der Waals surface area contributed by atoms with Crippen molar-refractivity contribution >= 4 is 43.8 Å². The molecule has 0 aliphatic carbocycles. The standard InChI is InChI=1S/C17H24ClFN4O3S2/c1-11(9-17(2,3)27(20)24)12-8-13(18)15-14(19)10-21-23(15)16(12)22-4-6-28(25,26)7-5-22/h8,10-11H,4-7,9,20H2,1-3H3/t11-,27?/m0/s1. The van der Waals surface area contributed by atoms with Crippen molar-refractivity contribution in [3.63, 3.8) is 0 Å². The number of nitrogens with zero attached hydrogens (tertiary/aromatic N) is 3. The number of aromatic nitrogens is 2. The van der Waals surface area contributed by atoms with Crippen LogP contribution in [0.25, 0.3) is 5.52 Å². The van der Waals surface area contributed by atoms with E-state index in [1.807, 2.05) is 25.7 Å². The first kappa shape index (κ1) is 21.5. The van der Waals surface area contributed by atoms with Gasteiger partial charge in [-0.15, -0.1) is 0 Å². The molecule has 2 atom stereocenters. The van der Waals surface area contributed by atoms with Crippen molar-refractivity contribution in [2.75, 3.05) is 29.5 Å². The number of pyridine rings is 1. The van der Waals surface area contributed by atoms with Crippen LogP contribution in [0.5, 0.6) is 0 Å². The van der Waals surface area contributed by atoms with Gasteiger partial charge in [-0.25, -0.2) is 21.5 Å². The molecule has 1 aliphatic rings. The molecule has 7 nitrogen and oxygen atoms in total. The van der Waals surface area contributed by atoms with Gasteiger partial charge in [-0.3, -0.25) is 5.14 Å². The number of hydrogen-bond acceptors (Lipinski definition) is 5. The molecule has 2 aromatic rings. The largest absolute Gasteiger partial charge is 0.354 e. The Balaban J connectivity index is 2.12. The number of anilines is 1. The van der Waals surface area contributed by atoms with Gasteiger partial charge in [0.1, 0.15) is 11.3 Å². The summed E-state index contributed by atoms with van der Waals surface area (Å²) in [7, 11) is -4.61. The van der Waals surface area contributed by atoms with Gasteiger partial charge in [0, 0.05) is 13.1 Å². The Morgan fingerprint density at radius 1 is 1.39 bits per heavy atom. The molecule has 0 amide bonds. The summed E-state index contributed by atoms with van der Waals surface area (Å²) in [4.78, 5) is 1.90. The van der Waals surface area contributed by atoms with E-state index in [4.69, 9.17) is 16.7 Å². The topological polar surface area (TPSA) is 97.8 Å². The molecule has 0 saturated carbocycles. The Bertz CT molecular complexity index is 1020. The second-order valence-electron chi connectivity index (χ2n) is 7.83. The summed E-state index contributed by atoms with van der Waals surface area (Å²) in [6, 6.07) is 1.69. The molecule has 0 radical (unpaired) electrons. The fourth-order valence-corrected chi connectivity index (χ4v) is 5.53. The molecule has 1 saturated heterocycles. The lowest BCUT2D eigenvalue weighted by atomic mass is 9.91. The third-order valence-electron chi connectivity index (χ3n) is 5.21. The Morgan fingerprint density at radius 3 is 2.57 bits per heavy atom. The summed E-state index contributed by atoms with van der Waals surface area (Å²) in [5.74, 6) is -0.00650. The van der Waals surface area contributed by atoms with Crippen LogP contribution in [0.3, 0.4) is 0 Å². The van der Waals surface area contributed by atoms with E-state index in [1.54, 1.807) is 6.07 Å². The van der Waals surface area contributed by atoms with E-state index in [1.165, 1.54) is 4.52 Å². The van der Waals surface area contributed by atoms with Crippen LogP contribution < -0.4 is 10.0 Å².